The fourth-order valence-corrected chi connectivity index (χ4v) is 2.05. The quantitative estimate of drug-likeness (QED) is 0.748. The number of hydrogen-bond donors (Lipinski definition) is 2. The minimum Gasteiger partial charge on any atom is -0.306 e. The Morgan fingerprint density at radius 3 is 2.45 bits per heavy atom. The minimum absolute atomic E-state index is 0.187. The number of H-pyrrole nitrogens is 2. The first-order valence-corrected chi connectivity index (χ1v) is 6.33. The van der Waals surface area contributed by atoms with Crippen LogP contribution in [0.5, 0.6) is 0 Å². The van der Waals surface area contributed by atoms with E-state index in [-0.39, 0.29) is 5.56 Å². The van der Waals surface area contributed by atoms with Gasteiger partial charge in [-0.3, -0.25) is 9.89 Å². The van der Waals surface area contributed by atoms with E-state index in [0.717, 1.165) is 16.8 Å². The standard InChI is InChI=1S/C15H14N4O/c1-9-10(2)18-19-13(9)12-8-16-14(17-15(12)20)11-6-4-3-5-7-11/h3-8H,1-2H3,(H,18,19)(H,16,17,20). The fraction of sp³-hybridized carbons (Fsp3) is 0.133. The first-order valence-electron chi connectivity index (χ1n) is 6.33. The Labute approximate surface area is 115 Å². The van der Waals surface area contributed by atoms with Gasteiger partial charge in [-0.1, -0.05) is 30.3 Å². The van der Waals surface area contributed by atoms with Crippen LogP contribution in [0.15, 0.2) is 41.3 Å². The van der Waals surface area contributed by atoms with Gasteiger partial charge in [0.15, 0.2) is 0 Å². The van der Waals surface area contributed by atoms with E-state index in [4.69, 9.17) is 0 Å². The van der Waals surface area contributed by atoms with Crippen molar-refractivity contribution in [3.05, 3.63) is 58.1 Å². The largest absolute Gasteiger partial charge is 0.306 e. The summed E-state index contributed by atoms with van der Waals surface area (Å²) in [5.74, 6) is 0.560. The monoisotopic (exact) mass is 266 g/mol. The molecule has 1 aromatic carbocycles. The lowest BCUT2D eigenvalue weighted by Crippen LogP contribution is -2.12. The molecule has 0 amide bonds. The maximum absolute atomic E-state index is 12.2. The van der Waals surface area contributed by atoms with Gasteiger partial charge in [0.05, 0.1) is 5.56 Å². The summed E-state index contributed by atoms with van der Waals surface area (Å²) in [7, 11) is 0. The van der Waals surface area contributed by atoms with Crippen LogP contribution in [0.1, 0.15) is 11.3 Å². The normalized spacial score (nSPS) is 10.7. The molecule has 5 nitrogen and oxygen atoms in total. The summed E-state index contributed by atoms with van der Waals surface area (Å²) in [4.78, 5) is 19.4. The van der Waals surface area contributed by atoms with Gasteiger partial charge in [-0.25, -0.2) is 4.98 Å². The lowest BCUT2D eigenvalue weighted by Gasteiger charge is -2.02. The SMILES string of the molecule is Cc1[nH]nc(-c2cnc(-c3ccccc3)[nH]c2=O)c1C. The molecule has 2 heterocycles. The number of benzene rings is 1. The van der Waals surface area contributed by atoms with Crippen LogP contribution < -0.4 is 5.56 Å². The van der Waals surface area contributed by atoms with Crippen LogP contribution in [-0.4, -0.2) is 20.2 Å². The van der Waals surface area contributed by atoms with Gasteiger partial charge in [-0.05, 0) is 19.4 Å². The number of aryl methyl sites for hydroxylation is 1. The molecule has 20 heavy (non-hydrogen) atoms. The number of rotatable bonds is 2. The van der Waals surface area contributed by atoms with Gasteiger partial charge in [-0.15, -0.1) is 0 Å². The number of nitrogens with one attached hydrogen (secondary N) is 2. The van der Waals surface area contributed by atoms with E-state index in [2.05, 4.69) is 20.2 Å². The van der Waals surface area contributed by atoms with Crippen molar-refractivity contribution in [3.63, 3.8) is 0 Å². The molecule has 2 aromatic heterocycles. The fourth-order valence-electron chi connectivity index (χ4n) is 2.05. The average molecular weight is 266 g/mol. The lowest BCUT2D eigenvalue weighted by atomic mass is 10.1. The Morgan fingerprint density at radius 2 is 1.85 bits per heavy atom. The van der Waals surface area contributed by atoms with E-state index >= 15 is 0 Å². The molecule has 0 spiro atoms. The molecule has 3 rings (SSSR count). The molecule has 0 aliphatic carbocycles. The van der Waals surface area contributed by atoms with Gasteiger partial charge in [0, 0.05) is 17.5 Å². The van der Waals surface area contributed by atoms with Gasteiger partial charge < -0.3 is 4.98 Å². The topological polar surface area (TPSA) is 74.4 Å². The number of hydrogen-bond acceptors (Lipinski definition) is 3. The molecule has 3 aromatic rings. The molecule has 0 unspecified atom stereocenters. The van der Waals surface area contributed by atoms with Crippen molar-refractivity contribution in [2.45, 2.75) is 13.8 Å². The molecule has 0 radical (unpaired) electrons. The lowest BCUT2D eigenvalue weighted by molar-refractivity contribution is 1.04. The van der Waals surface area contributed by atoms with Gasteiger partial charge >= 0.3 is 0 Å². The first kappa shape index (κ1) is 12.3. The molecule has 0 saturated heterocycles. The highest BCUT2D eigenvalue weighted by molar-refractivity contribution is 5.63. The zero-order valence-corrected chi connectivity index (χ0v) is 11.3. The van der Waals surface area contributed by atoms with E-state index < -0.39 is 0 Å². The third-order valence-corrected chi connectivity index (χ3v) is 3.35. The van der Waals surface area contributed by atoms with Crippen molar-refractivity contribution in [3.8, 4) is 22.6 Å². The third-order valence-electron chi connectivity index (χ3n) is 3.35. The third kappa shape index (κ3) is 2.03. The molecule has 2 N–H and O–H groups in total. The zero-order chi connectivity index (χ0) is 14.1. The Morgan fingerprint density at radius 1 is 1.10 bits per heavy atom. The van der Waals surface area contributed by atoms with Crippen molar-refractivity contribution >= 4 is 0 Å². The zero-order valence-electron chi connectivity index (χ0n) is 11.3. The smallest absolute Gasteiger partial charge is 0.260 e. The van der Waals surface area contributed by atoms with Gasteiger partial charge in [-0.2, -0.15) is 5.10 Å². The van der Waals surface area contributed by atoms with Crippen molar-refractivity contribution in [1.29, 1.82) is 0 Å². The number of aromatic nitrogens is 4. The molecular formula is C15H14N4O. The Kier molecular flexibility index (Phi) is 2.95. The maximum atomic E-state index is 12.2. The van der Waals surface area contributed by atoms with Crippen LogP contribution in [0, 0.1) is 13.8 Å². The second-order valence-electron chi connectivity index (χ2n) is 4.66. The van der Waals surface area contributed by atoms with Crippen LogP contribution in [0.4, 0.5) is 0 Å². The highest BCUT2D eigenvalue weighted by atomic mass is 16.1. The number of nitrogens with zero attached hydrogens (tertiary/aromatic N) is 2. The second kappa shape index (κ2) is 4.77. The Hall–Kier alpha value is -2.69. The summed E-state index contributed by atoms with van der Waals surface area (Å²) < 4.78 is 0. The molecule has 0 aliphatic heterocycles. The highest BCUT2D eigenvalue weighted by Gasteiger charge is 2.13. The summed E-state index contributed by atoms with van der Waals surface area (Å²) >= 11 is 0. The first-order chi connectivity index (χ1) is 9.66. The van der Waals surface area contributed by atoms with Crippen LogP contribution in [-0.2, 0) is 0 Å². The summed E-state index contributed by atoms with van der Waals surface area (Å²) in [6.45, 7) is 3.85. The van der Waals surface area contributed by atoms with Crippen LogP contribution in [0.3, 0.4) is 0 Å². The van der Waals surface area contributed by atoms with Crippen LogP contribution >= 0.6 is 0 Å². The molecule has 100 valence electrons. The van der Waals surface area contributed by atoms with Gasteiger partial charge in [0.2, 0.25) is 0 Å². The molecule has 0 bridgehead atoms. The van der Waals surface area contributed by atoms with Crippen LogP contribution in [0.2, 0.25) is 0 Å². The van der Waals surface area contributed by atoms with E-state index in [0.29, 0.717) is 17.1 Å². The predicted molar refractivity (Wildman–Crippen MR) is 77.3 cm³/mol. The molecule has 0 atom stereocenters. The molecule has 0 saturated carbocycles. The summed E-state index contributed by atoms with van der Waals surface area (Å²) in [6.07, 6.45) is 1.57. The summed E-state index contributed by atoms with van der Waals surface area (Å²) in [5, 5.41) is 7.04. The second-order valence-corrected chi connectivity index (χ2v) is 4.66. The highest BCUT2D eigenvalue weighted by Crippen LogP contribution is 2.20. The Bertz CT molecular complexity index is 802. The van der Waals surface area contributed by atoms with E-state index in [1.807, 2.05) is 44.2 Å². The van der Waals surface area contributed by atoms with Crippen molar-refractivity contribution in [2.24, 2.45) is 0 Å². The number of aromatic amines is 2. The van der Waals surface area contributed by atoms with E-state index in [1.54, 1.807) is 6.20 Å². The summed E-state index contributed by atoms with van der Waals surface area (Å²) in [6, 6.07) is 9.55. The molecule has 5 heteroatoms. The van der Waals surface area contributed by atoms with E-state index in [9.17, 15) is 4.79 Å². The van der Waals surface area contributed by atoms with Gasteiger partial charge in [0.1, 0.15) is 11.5 Å². The average Bonchev–Trinajstić information content (AvgIpc) is 2.80. The van der Waals surface area contributed by atoms with Crippen molar-refractivity contribution < 1.29 is 0 Å². The van der Waals surface area contributed by atoms with E-state index in [1.165, 1.54) is 0 Å². The summed E-state index contributed by atoms with van der Waals surface area (Å²) in [5.41, 5.74) is 3.73. The van der Waals surface area contributed by atoms with Crippen molar-refractivity contribution in [2.75, 3.05) is 0 Å². The molecule has 0 aliphatic rings. The van der Waals surface area contributed by atoms with Crippen LogP contribution in [0.25, 0.3) is 22.6 Å². The van der Waals surface area contributed by atoms with Gasteiger partial charge in [0.25, 0.3) is 5.56 Å². The Balaban J connectivity index is 2.09. The predicted octanol–water partition coefficient (Wildman–Crippen LogP) is 2.44. The molecule has 0 fully saturated rings. The van der Waals surface area contributed by atoms with Crippen molar-refractivity contribution in [1.82, 2.24) is 20.2 Å². The minimum atomic E-state index is -0.187. The molecular weight excluding hydrogens is 252 g/mol. The maximum Gasteiger partial charge on any atom is 0.260 e.